The lowest BCUT2D eigenvalue weighted by molar-refractivity contribution is -0.123. The second kappa shape index (κ2) is 10.4. The number of hydrogen-bond donors (Lipinski definition) is 2. The Bertz CT molecular complexity index is 1720. The van der Waals surface area contributed by atoms with Crippen molar-refractivity contribution >= 4 is 33.8 Å². The van der Waals surface area contributed by atoms with Crippen molar-refractivity contribution in [1.29, 1.82) is 0 Å². The maximum absolute atomic E-state index is 13.9. The Kier molecular flexibility index (Phi) is 7.12. The van der Waals surface area contributed by atoms with Crippen LogP contribution in [-0.4, -0.2) is 61.4 Å². The van der Waals surface area contributed by atoms with Crippen molar-refractivity contribution in [3.8, 4) is 0 Å². The summed E-state index contributed by atoms with van der Waals surface area (Å²) in [6, 6.07) is 4.98. The first-order valence-corrected chi connectivity index (χ1v) is 12.9. The first kappa shape index (κ1) is 27.4. The number of benzene rings is 1. The van der Waals surface area contributed by atoms with Gasteiger partial charge in [0, 0.05) is 45.1 Å². The van der Waals surface area contributed by atoms with Gasteiger partial charge in [-0.2, -0.15) is 13.2 Å². The highest BCUT2D eigenvalue weighted by molar-refractivity contribution is 6.11. The van der Waals surface area contributed by atoms with Crippen molar-refractivity contribution < 1.29 is 18.0 Å². The summed E-state index contributed by atoms with van der Waals surface area (Å²) in [6.07, 6.45) is -0.0968. The normalized spacial score (nSPS) is 16.1. The molecule has 1 amide bonds. The lowest BCUT2D eigenvalue weighted by atomic mass is 10.1. The van der Waals surface area contributed by atoms with E-state index in [1.165, 1.54) is 13.2 Å². The first-order valence-electron chi connectivity index (χ1n) is 12.9. The molecule has 0 spiro atoms. The maximum atomic E-state index is 13.9. The number of amides is 1. The average Bonchev–Trinajstić information content (AvgIpc) is 3.28. The summed E-state index contributed by atoms with van der Waals surface area (Å²) >= 11 is 0. The van der Waals surface area contributed by atoms with Crippen molar-refractivity contribution in [2.75, 3.05) is 24.5 Å². The van der Waals surface area contributed by atoms with Crippen molar-refractivity contribution in [3.63, 3.8) is 0 Å². The second-order valence-electron chi connectivity index (χ2n) is 9.90. The van der Waals surface area contributed by atoms with Gasteiger partial charge < -0.3 is 20.5 Å². The van der Waals surface area contributed by atoms with Crippen LogP contribution in [0, 0.1) is 0 Å². The van der Waals surface area contributed by atoms with Crippen LogP contribution < -0.4 is 27.2 Å². The number of nitrogens with two attached hydrogens (primary N) is 1. The number of nitrogens with zero attached hydrogens (tertiary/aromatic N) is 6. The third-order valence-corrected chi connectivity index (χ3v) is 7.14. The molecule has 4 aromatic rings. The zero-order valence-electron chi connectivity index (χ0n) is 22.0. The minimum Gasteiger partial charge on any atom is -0.356 e. The highest BCUT2D eigenvalue weighted by Gasteiger charge is 2.34. The van der Waals surface area contributed by atoms with Crippen molar-refractivity contribution in [2.45, 2.75) is 45.1 Å². The van der Waals surface area contributed by atoms with E-state index in [-0.39, 0.29) is 41.5 Å². The van der Waals surface area contributed by atoms with Crippen LogP contribution in [-0.2, 0) is 20.1 Å². The highest BCUT2D eigenvalue weighted by Crippen LogP contribution is 2.33. The Labute approximate surface area is 226 Å². The summed E-state index contributed by atoms with van der Waals surface area (Å²) in [7, 11) is 1.40. The number of anilines is 1. The summed E-state index contributed by atoms with van der Waals surface area (Å²) in [5.74, 6) is -0.748. The van der Waals surface area contributed by atoms with Crippen LogP contribution in [0.1, 0.15) is 35.7 Å². The predicted octanol–water partition coefficient (Wildman–Crippen LogP) is 1.73. The standard InChI is InChI=1S/C26H29F3N8O3/c1-3-36-21-20(19(22(38)33-14-26(27,28)29)23(36)35-10-4-5-16(30)13-35)34(2)25(40)37(24(21)39)12-15-6-7-17-18(11-15)32-9-8-31-17/h6-9,11,16H,3-5,10,12-14,30H2,1-2H3,(H,33,38)/t16-/m1/s1. The Morgan fingerprint density at radius 1 is 1.12 bits per heavy atom. The van der Waals surface area contributed by atoms with E-state index in [1.54, 1.807) is 35.9 Å². The van der Waals surface area contributed by atoms with Gasteiger partial charge in [0.1, 0.15) is 23.4 Å². The van der Waals surface area contributed by atoms with Crippen LogP contribution in [0.4, 0.5) is 19.0 Å². The zero-order valence-corrected chi connectivity index (χ0v) is 22.0. The quantitative estimate of drug-likeness (QED) is 0.368. The van der Waals surface area contributed by atoms with E-state index in [1.807, 2.05) is 10.2 Å². The fourth-order valence-electron chi connectivity index (χ4n) is 5.37. The van der Waals surface area contributed by atoms with E-state index in [0.29, 0.717) is 36.1 Å². The molecule has 40 heavy (non-hydrogen) atoms. The molecule has 14 heteroatoms. The molecule has 212 valence electrons. The molecule has 0 saturated carbocycles. The number of aromatic nitrogens is 5. The van der Waals surface area contributed by atoms with Crippen molar-refractivity contribution in [1.82, 2.24) is 29.0 Å². The molecular formula is C26H29F3N8O3. The van der Waals surface area contributed by atoms with Gasteiger partial charge in [0.15, 0.2) is 0 Å². The Morgan fingerprint density at radius 2 is 1.85 bits per heavy atom. The van der Waals surface area contributed by atoms with Gasteiger partial charge in [0.2, 0.25) is 0 Å². The van der Waals surface area contributed by atoms with Crippen LogP contribution in [0.25, 0.3) is 22.1 Å². The first-order chi connectivity index (χ1) is 19.0. The third kappa shape index (κ3) is 4.94. The molecule has 0 radical (unpaired) electrons. The number of rotatable bonds is 6. The summed E-state index contributed by atoms with van der Waals surface area (Å²) in [5.41, 5.74) is 6.58. The average molecular weight is 559 g/mol. The molecule has 5 rings (SSSR count). The van der Waals surface area contributed by atoms with Crippen molar-refractivity contribution in [2.24, 2.45) is 12.8 Å². The number of aryl methyl sites for hydroxylation is 2. The van der Waals surface area contributed by atoms with Crippen LogP contribution in [0.15, 0.2) is 40.2 Å². The largest absolute Gasteiger partial charge is 0.405 e. The Morgan fingerprint density at radius 3 is 2.52 bits per heavy atom. The molecule has 1 fully saturated rings. The molecule has 11 nitrogen and oxygen atoms in total. The van der Waals surface area contributed by atoms with E-state index >= 15 is 0 Å². The molecule has 1 aromatic carbocycles. The number of piperidine rings is 1. The van der Waals surface area contributed by atoms with E-state index in [4.69, 9.17) is 5.73 Å². The summed E-state index contributed by atoms with van der Waals surface area (Å²) in [6.45, 7) is 1.19. The van der Waals surface area contributed by atoms with Crippen LogP contribution in [0.3, 0.4) is 0 Å². The van der Waals surface area contributed by atoms with Gasteiger partial charge in [0.05, 0.1) is 23.1 Å². The lowest BCUT2D eigenvalue weighted by Gasteiger charge is -2.33. The minimum absolute atomic E-state index is 0.0219. The number of alkyl halides is 3. The molecule has 3 aromatic heterocycles. The fourth-order valence-corrected chi connectivity index (χ4v) is 5.37. The minimum atomic E-state index is -4.64. The molecule has 0 unspecified atom stereocenters. The topological polar surface area (TPSA) is 133 Å². The predicted molar refractivity (Wildman–Crippen MR) is 144 cm³/mol. The monoisotopic (exact) mass is 558 g/mol. The van der Waals surface area contributed by atoms with E-state index in [0.717, 1.165) is 15.6 Å². The molecule has 0 bridgehead atoms. The molecule has 0 aliphatic carbocycles. The second-order valence-corrected chi connectivity index (χ2v) is 9.90. The fraction of sp³-hybridized carbons (Fsp3) is 0.423. The SMILES string of the molecule is CCn1c(N2CCC[C@@H](N)C2)c(C(=O)NCC(F)(F)F)c2c1c(=O)n(Cc1ccc3nccnc3c1)c(=O)n2C. The van der Waals surface area contributed by atoms with E-state index < -0.39 is 29.9 Å². The number of carbonyl (C=O) groups is 1. The van der Waals surface area contributed by atoms with Gasteiger partial charge in [0.25, 0.3) is 11.5 Å². The van der Waals surface area contributed by atoms with Crippen LogP contribution in [0.5, 0.6) is 0 Å². The van der Waals surface area contributed by atoms with Crippen molar-refractivity contribution in [3.05, 3.63) is 62.6 Å². The molecule has 1 atom stereocenters. The zero-order chi connectivity index (χ0) is 28.8. The third-order valence-electron chi connectivity index (χ3n) is 7.14. The van der Waals surface area contributed by atoms with Crippen LogP contribution in [0.2, 0.25) is 0 Å². The van der Waals surface area contributed by atoms with Gasteiger partial charge in [-0.3, -0.25) is 28.7 Å². The number of fused-ring (bicyclic) bond motifs is 2. The lowest BCUT2D eigenvalue weighted by Crippen LogP contribution is -2.44. The molecule has 1 aliphatic heterocycles. The van der Waals surface area contributed by atoms with Gasteiger partial charge in [-0.05, 0) is 37.5 Å². The number of halogens is 3. The number of nitrogens with one attached hydrogen (secondary N) is 1. The molecular weight excluding hydrogens is 529 g/mol. The van der Waals surface area contributed by atoms with E-state index in [9.17, 15) is 27.6 Å². The smallest absolute Gasteiger partial charge is 0.356 e. The molecule has 3 N–H and O–H groups in total. The molecule has 1 aliphatic rings. The molecule has 1 saturated heterocycles. The van der Waals surface area contributed by atoms with Crippen LogP contribution >= 0.6 is 0 Å². The number of carbonyl (C=O) groups excluding carboxylic acids is 1. The summed E-state index contributed by atoms with van der Waals surface area (Å²) in [4.78, 5) is 51.1. The van der Waals surface area contributed by atoms with Gasteiger partial charge in [-0.15, -0.1) is 0 Å². The Hall–Kier alpha value is -4.20. The van der Waals surface area contributed by atoms with Gasteiger partial charge in [-0.25, -0.2) is 4.79 Å². The molecule has 4 heterocycles. The number of hydrogen-bond acceptors (Lipinski definition) is 7. The highest BCUT2D eigenvalue weighted by atomic mass is 19.4. The Balaban J connectivity index is 1.73. The summed E-state index contributed by atoms with van der Waals surface area (Å²) < 4.78 is 42.9. The van der Waals surface area contributed by atoms with Gasteiger partial charge >= 0.3 is 11.9 Å². The summed E-state index contributed by atoms with van der Waals surface area (Å²) in [5, 5.41) is 1.92. The van der Waals surface area contributed by atoms with E-state index in [2.05, 4.69) is 9.97 Å². The van der Waals surface area contributed by atoms with Gasteiger partial charge in [-0.1, -0.05) is 6.07 Å². The maximum Gasteiger partial charge on any atom is 0.405 e.